The van der Waals surface area contributed by atoms with E-state index in [1.165, 1.54) is 18.2 Å². The number of anilines is 2. The lowest BCUT2D eigenvalue weighted by Gasteiger charge is -2.09. The van der Waals surface area contributed by atoms with E-state index in [2.05, 4.69) is 10.6 Å². The molecular formula is C14H10FN3O. The number of amides is 2. The molecule has 5 heteroatoms. The van der Waals surface area contributed by atoms with E-state index in [0.29, 0.717) is 5.69 Å². The number of hydrogen-bond donors (Lipinski definition) is 2. The molecule has 19 heavy (non-hydrogen) atoms. The summed E-state index contributed by atoms with van der Waals surface area (Å²) in [6, 6.07) is 14.0. The normalized spacial score (nSPS) is 9.47. The van der Waals surface area contributed by atoms with E-state index in [1.54, 1.807) is 30.3 Å². The van der Waals surface area contributed by atoms with Gasteiger partial charge in [-0.05, 0) is 24.3 Å². The molecule has 0 heterocycles. The molecule has 0 radical (unpaired) electrons. The highest BCUT2D eigenvalue weighted by Crippen LogP contribution is 2.18. The number of halogens is 1. The van der Waals surface area contributed by atoms with Crippen LogP contribution in [0.3, 0.4) is 0 Å². The molecule has 0 bridgehead atoms. The third-order valence-corrected chi connectivity index (χ3v) is 2.41. The van der Waals surface area contributed by atoms with Crippen LogP contribution in [0.2, 0.25) is 0 Å². The SMILES string of the molecule is N#Cc1c(F)cccc1NC(=O)Nc1ccccc1. The number of rotatable bonds is 2. The Morgan fingerprint density at radius 3 is 2.47 bits per heavy atom. The van der Waals surface area contributed by atoms with E-state index in [-0.39, 0.29) is 11.3 Å². The quantitative estimate of drug-likeness (QED) is 0.864. The third kappa shape index (κ3) is 3.07. The van der Waals surface area contributed by atoms with Crippen LogP contribution in [-0.2, 0) is 0 Å². The van der Waals surface area contributed by atoms with Crippen molar-refractivity contribution in [3.8, 4) is 6.07 Å². The summed E-state index contributed by atoms with van der Waals surface area (Å²) in [6.45, 7) is 0. The van der Waals surface area contributed by atoms with Crippen LogP contribution in [0.25, 0.3) is 0 Å². The van der Waals surface area contributed by atoms with Crippen LogP contribution in [0.1, 0.15) is 5.56 Å². The van der Waals surface area contributed by atoms with E-state index >= 15 is 0 Å². The van der Waals surface area contributed by atoms with Crippen molar-refractivity contribution in [1.29, 1.82) is 5.26 Å². The molecule has 0 saturated carbocycles. The van der Waals surface area contributed by atoms with E-state index in [9.17, 15) is 9.18 Å². The molecule has 2 amide bonds. The summed E-state index contributed by atoms with van der Waals surface area (Å²) >= 11 is 0. The van der Waals surface area contributed by atoms with Gasteiger partial charge in [-0.3, -0.25) is 0 Å². The number of nitriles is 1. The Morgan fingerprint density at radius 1 is 1.05 bits per heavy atom. The molecule has 0 saturated heterocycles. The van der Waals surface area contributed by atoms with Crippen molar-refractivity contribution >= 4 is 17.4 Å². The van der Waals surface area contributed by atoms with Gasteiger partial charge in [-0.15, -0.1) is 0 Å². The average Bonchev–Trinajstić information content (AvgIpc) is 2.40. The minimum atomic E-state index is -0.667. The van der Waals surface area contributed by atoms with Crippen LogP contribution in [0, 0.1) is 17.1 Å². The summed E-state index contributed by atoms with van der Waals surface area (Å²) in [5.41, 5.74) is 0.552. The number of hydrogen-bond acceptors (Lipinski definition) is 2. The first-order valence-electron chi connectivity index (χ1n) is 5.52. The van der Waals surface area contributed by atoms with E-state index in [1.807, 2.05) is 6.07 Å². The maximum atomic E-state index is 13.3. The minimum absolute atomic E-state index is 0.135. The summed E-state index contributed by atoms with van der Waals surface area (Å²) in [6.07, 6.45) is 0. The van der Waals surface area contributed by atoms with Crippen LogP contribution in [-0.4, -0.2) is 6.03 Å². The van der Waals surface area contributed by atoms with Gasteiger partial charge in [0.2, 0.25) is 0 Å². The summed E-state index contributed by atoms with van der Waals surface area (Å²) in [7, 11) is 0. The fourth-order valence-electron chi connectivity index (χ4n) is 1.55. The van der Waals surface area contributed by atoms with Gasteiger partial charge < -0.3 is 10.6 Å². The summed E-state index contributed by atoms with van der Waals surface area (Å²) in [5, 5.41) is 13.9. The molecule has 0 unspecified atom stereocenters. The van der Waals surface area contributed by atoms with Crippen LogP contribution in [0.5, 0.6) is 0 Å². The average molecular weight is 255 g/mol. The Kier molecular flexibility index (Phi) is 3.74. The number of urea groups is 1. The maximum absolute atomic E-state index is 13.3. The van der Waals surface area contributed by atoms with Crippen molar-refractivity contribution < 1.29 is 9.18 Å². The minimum Gasteiger partial charge on any atom is -0.308 e. The molecule has 4 nitrogen and oxygen atoms in total. The van der Waals surface area contributed by atoms with E-state index in [4.69, 9.17) is 5.26 Å². The molecule has 2 rings (SSSR count). The topological polar surface area (TPSA) is 64.9 Å². The van der Waals surface area contributed by atoms with Crippen molar-refractivity contribution in [2.45, 2.75) is 0 Å². The zero-order valence-corrected chi connectivity index (χ0v) is 9.85. The van der Waals surface area contributed by atoms with Gasteiger partial charge >= 0.3 is 6.03 Å². The van der Waals surface area contributed by atoms with Crippen molar-refractivity contribution in [3.63, 3.8) is 0 Å². The van der Waals surface area contributed by atoms with Crippen LogP contribution >= 0.6 is 0 Å². The number of para-hydroxylation sites is 1. The molecule has 2 aromatic rings. The number of nitrogens with one attached hydrogen (secondary N) is 2. The summed E-state index contributed by atoms with van der Waals surface area (Å²) in [5.74, 6) is -0.667. The third-order valence-electron chi connectivity index (χ3n) is 2.41. The van der Waals surface area contributed by atoms with Crippen molar-refractivity contribution in [2.24, 2.45) is 0 Å². The van der Waals surface area contributed by atoms with Gasteiger partial charge in [-0.25, -0.2) is 9.18 Å². The molecule has 94 valence electrons. The first-order chi connectivity index (χ1) is 9.20. The highest BCUT2D eigenvalue weighted by atomic mass is 19.1. The first kappa shape index (κ1) is 12.6. The highest BCUT2D eigenvalue weighted by Gasteiger charge is 2.10. The molecule has 2 N–H and O–H groups in total. The van der Waals surface area contributed by atoms with Gasteiger partial charge in [0.1, 0.15) is 17.4 Å². The number of carbonyl (C=O) groups is 1. The van der Waals surface area contributed by atoms with E-state index in [0.717, 1.165) is 0 Å². The van der Waals surface area contributed by atoms with Crippen LogP contribution in [0.4, 0.5) is 20.6 Å². The molecule has 0 aliphatic heterocycles. The summed E-state index contributed by atoms with van der Waals surface area (Å²) < 4.78 is 13.3. The van der Waals surface area contributed by atoms with Gasteiger partial charge in [0.05, 0.1) is 5.69 Å². The lowest BCUT2D eigenvalue weighted by atomic mass is 10.2. The van der Waals surface area contributed by atoms with Crippen molar-refractivity contribution in [3.05, 3.63) is 59.9 Å². The summed E-state index contributed by atoms with van der Waals surface area (Å²) in [4.78, 5) is 11.7. The zero-order valence-electron chi connectivity index (χ0n) is 9.85. The Morgan fingerprint density at radius 2 is 1.79 bits per heavy atom. The van der Waals surface area contributed by atoms with Crippen LogP contribution in [0.15, 0.2) is 48.5 Å². The molecule has 0 aliphatic rings. The first-order valence-corrected chi connectivity index (χ1v) is 5.52. The van der Waals surface area contributed by atoms with Crippen molar-refractivity contribution in [1.82, 2.24) is 0 Å². The number of carbonyl (C=O) groups excluding carboxylic acids is 1. The number of benzene rings is 2. The Balaban J connectivity index is 2.12. The smallest absolute Gasteiger partial charge is 0.308 e. The Bertz CT molecular complexity index is 635. The second kappa shape index (κ2) is 5.65. The highest BCUT2D eigenvalue weighted by molar-refractivity contribution is 6.00. The second-order valence-electron chi connectivity index (χ2n) is 3.72. The van der Waals surface area contributed by atoms with Gasteiger partial charge in [0, 0.05) is 5.69 Å². The standard InChI is InChI=1S/C14H10FN3O/c15-12-7-4-8-13(11(12)9-16)18-14(19)17-10-5-2-1-3-6-10/h1-8H,(H2,17,18,19). The van der Waals surface area contributed by atoms with Gasteiger partial charge in [-0.1, -0.05) is 24.3 Å². The molecule has 2 aromatic carbocycles. The van der Waals surface area contributed by atoms with E-state index < -0.39 is 11.8 Å². The van der Waals surface area contributed by atoms with Gasteiger partial charge in [0.15, 0.2) is 0 Å². The Hall–Kier alpha value is -2.87. The fraction of sp³-hybridized carbons (Fsp3) is 0. The monoisotopic (exact) mass is 255 g/mol. The largest absolute Gasteiger partial charge is 0.323 e. The van der Waals surface area contributed by atoms with Crippen LogP contribution < -0.4 is 10.6 Å². The molecule has 0 fully saturated rings. The fourth-order valence-corrected chi connectivity index (χ4v) is 1.55. The predicted molar refractivity (Wildman–Crippen MR) is 70.2 cm³/mol. The maximum Gasteiger partial charge on any atom is 0.323 e. The van der Waals surface area contributed by atoms with Gasteiger partial charge in [0.25, 0.3) is 0 Å². The Labute approximate surface area is 109 Å². The van der Waals surface area contributed by atoms with Crippen molar-refractivity contribution in [2.75, 3.05) is 10.6 Å². The molecule has 0 aromatic heterocycles. The molecule has 0 spiro atoms. The lowest BCUT2D eigenvalue weighted by Crippen LogP contribution is -2.20. The molecule has 0 atom stereocenters. The second-order valence-corrected chi connectivity index (χ2v) is 3.72. The zero-order chi connectivity index (χ0) is 13.7. The number of nitrogens with zero attached hydrogens (tertiary/aromatic N) is 1. The van der Waals surface area contributed by atoms with Gasteiger partial charge in [-0.2, -0.15) is 5.26 Å². The molecular weight excluding hydrogens is 245 g/mol. The molecule has 0 aliphatic carbocycles. The lowest BCUT2D eigenvalue weighted by molar-refractivity contribution is 0.262. The predicted octanol–water partition coefficient (Wildman–Crippen LogP) is 3.34.